The molecule has 1 aliphatic heterocycles. The molecule has 1 saturated heterocycles. The highest BCUT2D eigenvalue weighted by atomic mass is 19.4. The smallest absolute Gasteiger partial charge is 0.416 e. The number of ether oxygens (including phenoxy) is 1. The van der Waals surface area contributed by atoms with E-state index < -0.39 is 23.1 Å². The molecule has 3 rings (SSSR count). The Kier molecular flexibility index (Phi) is 6.71. The normalized spacial score (nSPS) is 16.9. The number of rotatable bonds is 6. The van der Waals surface area contributed by atoms with Crippen LogP contribution in [0.3, 0.4) is 0 Å². The molecule has 162 valence electrons. The summed E-state index contributed by atoms with van der Waals surface area (Å²) in [7, 11) is 0. The molecule has 0 amide bonds. The molecule has 1 fully saturated rings. The van der Waals surface area contributed by atoms with Crippen LogP contribution in [0.5, 0.6) is 5.75 Å². The highest BCUT2D eigenvalue weighted by molar-refractivity contribution is 5.77. The summed E-state index contributed by atoms with van der Waals surface area (Å²) in [4.78, 5) is 14.9. The number of phenols is 1. The fourth-order valence-corrected chi connectivity index (χ4v) is 4.08. The summed E-state index contributed by atoms with van der Waals surface area (Å²) >= 11 is 0. The molecule has 0 bridgehead atoms. The van der Waals surface area contributed by atoms with E-state index in [1.54, 1.807) is 25.1 Å². The number of carbonyl (C=O) groups is 1. The predicted molar refractivity (Wildman–Crippen MR) is 107 cm³/mol. The number of benzene rings is 2. The second-order valence-corrected chi connectivity index (χ2v) is 7.74. The zero-order chi connectivity index (χ0) is 21.8. The molecule has 2 aromatic carbocycles. The van der Waals surface area contributed by atoms with Crippen molar-refractivity contribution in [1.82, 2.24) is 4.90 Å². The van der Waals surface area contributed by atoms with Crippen molar-refractivity contribution in [3.05, 3.63) is 65.2 Å². The van der Waals surface area contributed by atoms with Gasteiger partial charge in [0.2, 0.25) is 0 Å². The number of hydrogen-bond donors (Lipinski definition) is 1. The van der Waals surface area contributed by atoms with E-state index in [2.05, 4.69) is 4.90 Å². The maximum absolute atomic E-state index is 13.5. The number of phenolic OH excluding ortho intramolecular Hbond substituents is 1. The third kappa shape index (κ3) is 4.95. The molecule has 7 heteroatoms. The monoisotopic (exact) mass is 421 g/mol. The minimum atomic E-state index is -4.47. The number of piperidine rings is 1. The van der Waals surface area contributed by atoms with Gasteiger partial charge in [0, 0.05) is 12.1 Å². The zero-order valence-electron chi connectivity index (χ0n) is 16.9. The van der Waals surface area contributed by atoms with Gasteiger partial charge in [0.25, 0.3) is 0 Å². The summed E-state index contributed by atoms with van der Waals surface area (Å²) < 4.78 is 45.7. The third-order valence-electron chi connectivity index (χ3n) is 5.76. The van der Waals surface area contributed by atoms with Gasteiger partial charge in [-0.05, 0) is 57.0 Å². The number of likely N-dealkylation sites (tertiary alicyclic amines) is 1. The molecule has 1 heterocycles. The molecule has 0 spiro atoms. The lowest BCUT2D eigenvalue weighted by Crippen LogP contribution is -2.46. The van der Waals surface area contributed by atoms with Crippen LogP contribution in [-0.2, 0) is 28.7 Å². The fraction of sp³-hybridized carbons (Fsp3) is 0.435. The van der Waals surface area contributed by atoms with Crippen LogP contribution in [-0.4, -0.2) is 35.7 Å². The Balaban J connectivity index is 1.80. The molecule has 2 aromatic rings. The van der Waals surface area contributed by atoms with E-state index in [1.165, 1.54) is 12.1 Å². The number of nitrogens with zero attached hydrogens (tertiary/aromatic N) is 1. The van der Waals surface area contributed by atoms with Crippen LogP contribution in [0.25, 0.3) is 0 Å². The number of hydrogen-bond acceptors (Lipinski definition) is 4. The lowest BCUT2D eigenvalue weighted by Gasteiger charge is -2.40. The summed E-state index contributed by atoms with van der Waals surface area (Å²) in [6.45, 7) is 3.46. The first kappa shape index (κ1) is 22.2. The van der Waals surface area contributed by atoms with Gasteiger partial charge in [-0.1, -0.05) is 36.4 Å². The molecule has 0 saturated carbocycles. The average molecular weight is 421 g/mol. The van der Waals surface area contributed by atoms with Crippen LogP contribution < -0.4 is 0 Å². The van der Waals surface area contributed by atoms with Crippen molar-refractivity contribution in [2.75, 3.05) is 19.7 Å². The second-order valence-electron chi connectivity index (χ2n) is 7.74. The molecular weight excluding hydrogens is 395 g/mol. The third-order valence-corrected chi connectivity index (χ3v) is 5.76. The van der Waals surface area contributed by atoms with Crippen molar-refractivity contribution in [2.24, 2.45) is 5.41 Å². The average Bonchev–Trinajstić information content (AvgIpc) is 2.71. The Morgan fingerprint density at radius 2 is 1.67 bits per heavy atom. The summed E-state index contributed by atoms with van der Waals surface area (Å²) in [5.41, 5.74) is -0.798. The molecule has 0 aliphatic carbocycles. The fourth-order valence-electron chi connectivity index (χ4n) is 4.08. The highest BCUT2D eigenvalue weighted by Crippen LogP contribution is 2.41. The van der Waals surface area contributed by atoms with Crippen molar-refractivity contribution in [3.63, 3.8) is 0 Å². The van der Waals surface area contributed by atoms with Crippen LogP contribution in [0.2, 0.25) is 0 Å². The van der Waals surface area contributed by atoms with Crippen molar-refractivity contribution in [1.29, 1.82) is 0 Å². The van der Waals surface area contributed by atoms with Gasteiger partial charge in [-0.25, -0.2) is 0 Å². The Labute approximate surface area is 174 Å². The summed E-state index contributed by atoms with van der Waals surface area (Å²) in [5, 5.41) is 10.00. The number of halogens is 3. The summed E-state index contributed by atoms with van der Waals surface area (Å²) in [6.07, 6.45) is -3.69. The molecule has 4 nitrogen and oxygen atoms in total. The SMILES string of the molecule is CCOC(=O)C1(Cc2ccccc2C(F)(F)F)CCN(Cc2ccccc2O)CC1. The maximum atomic E-state index is 13.5. The van der Waals surface area contributed by atoms with Gasteiger partial charge in [0.1, 0.15) is 5.75 Å². The van der Waals surface area contributed by atoms with Gasteiger partial charge >= 0.3 is 12.1 Å². The second kappa shape index (κ2) is 9.08. The Morgan fingerprint density at radius 3 is 2.27 bits per heavy atom. The van der Waals surface area contributed by atoms with Crippen LogP contribution in [0.15, 0.2) is 48.5 Å². The number of para-hydroxylation sites is 1. The molecule has 0 unspecified atom stereocenters. The van der Waals surface area contributed by atoms with Crippen LogP contribution in [0.4, 0.5) is 13.2 Å². The Bertz CT molecular complexity index is 874. The van der Waals surface area contributed by atoms with E-state index in [0.717, 1.165) is 11.6 Å². The minimum Gasteiger partial charge on any atom is -0.508 e. The minimum absolute atomic E-state index is 0.00799. The lowest BCUT2D eigenvalue weighted by molar-refractivity contribution is -0.159. The maximum Gasteiger partial charge on any atom is 0.416 e. The van der Waals surface area contributed by atoms with E-state index in [-0.39, 0.29) is 24.3 Å². The molecule has 30 heavy (non-hydrogen) atoms. The van der Waals surface area contributed by atoms with Crippen molar-refractivity contribution < 1.29 is 27.8 Å². The molecule has 0 aromatic heterocycles. The predicted octanol–water partition coefficient (Wildman–Crippen LogP) is 4.80. The molecule has 0 radical (unpaired) electrons. The van der Waals surface area contributed by atoms with Crippen LogP contribution in [0.1, 0.15) is 36.5 Å². The number of aromatic hydroxyl groups is 1. The lowest BCUT2D eigenvalue weighted by atomic mass is 9.73. The van der Waals surface area contributed by atoms with Gasteiger partial charge in [0.05, 0.1) is 17.6 Å². The van der Waals surface area contributed by atoms with Gasteiger partial charge in [-0.15, -0.1) is 0 Å². The van der Waals surface area contributed by atoms with Gasteiger partial charge in [-0.3, -0.25) is 9.69 Å². The highest BCUT2D eigenvalue weighted by Gasteiger charge is 2.44. The molecule has 1 aliphatic rings. The largest absolute Gasteiger partial charge is 0.508 e. The van der Waals surface area contributed by atoms with Crippen molar-refractivity contribution in [3.8, 4) is 5.75 Å². The van der Waals surface area contributed by atoms with Crippen molar-refractivity contribution >= 4 is 5.97 Å². The van der Waals surface area contributed by atoms with E-state index in [9.17, 15) is 23.1 Å². The molecular formula is C23H26F3NO3. The van der Waals surface area contributed by atoms with E-state index in [0.29, 0.717) is 32.5 Å². The van der Waals surface area contributed by atoms with Crippen LogP contribution in [0, 0.1) is 5.41 Å². The van der Waals surface area contributed by atoms with E-state index in [1.807, 2.05) is 12.1 Å². The standard InChI is InChI=1S/C23H26F3NO3/c1-2-30-21(29)22(15-17-7-3-5-9-19(17)23(24,25)26)11-13-27(14-12-22)16-18-8-4-6-10-20(18)28/h3-10,28H,2,11-16H2,1H3. The van der Waals surface area contributed by atoms with Crippen molar-refractivity contribution in [2.45, 2.75) is 38.9 Å². The Morgan fingerprint density at radius 1 is 1.07 bits per heavy atom. The van der Waals surface area contributed by atoms with E-state index in [4.69, 9.17) is 4.74 Å². The summed E-state index contributed by atoms with van der Waals surface area (Å²) in [5.74, 6) is -0.233. The number of carbonyl (C=O) groups excluding carboxylic acids is 1. The van der Waals surface area contributed by atoms with Gasteiger partial charge < -0.3 is 9.84 Å². The zero-order valence-corrected chi connectivity index (χ0v) is 16.9. The van der Waals surface area contributed by atoms with Crippen LogP contribution >= 0.6 is 0 Å². The van der Waals surface area contributed by atoms with Gasteiger partial charge in [-0.2, -0.15) is 13.2 Å². The number of alkyl halides is 3. The Hall–Kier alpha value is -2.54. The first-order valence-corrected chi connectivity index (χ1v) is 10.1. The first-order valence-electron chi connectivity index (χ1n) is 10.1. The summed E-state index contributed by atoms with van der Waals surface area (Å²) in [6, 6.07) is 12.5. The quantitative estimate of drug-likeness (QED) is 0.681. The molecule has 1 N–H and O–H groups in total. The molecule has 0 atom stereocenters. The van der Waals surface area contributed by atoms with Gasteiger partial charge in [0.15, 0.2) is 0 Å². The topological polar surface area (TPSA) is 49.8 Å². The van der Waals surface area contributed by atoms with E-state index >= 15 is 0 Å². The number of esters is 1. The first-order chi connectivity index (χ1) is 14.2.